The van der Waals surface area contributed by atoms with Crippen LogP contribution in [0.4, 0.5) is 0 Å². The van der Waals surface area contributed by atoms with E-state index in [2.05, 4.69) is 0 Å². The third-order valence-electron chi connectivity index (χ3n) is 5.30. The Balaban J connectivity index is 1.74. The van der Waals surface area contributed by atoms with Gasteiger partial charge < -0.3 is 9.64 Å². The molecule has 0 saturated carbocycles. The summed E-state index contributed by atoms with van der Waals surface area (Å²) in [5.41, 5.74) is 1.45. The van der Waals surface area contributed by atoms with Crippen molar-refractivity contribution in [2.45, 2.75) is 30.7 Å². The monoisotopic (exact) mass is 402 g/mol. The van der Waals surface area contributed by atoms with E-state index in [1.165, 1.54) is 16.4 Å². The maximum absolute atomic E-state index is 12.8. The Morgan fingerprint density at radius 1 is 1.04 bits per heavy atom. The number of methoxy groups -OCH3 is 1. The highest BCUT2D eigenvalue weighted by Gasteiger charge is 2.27. The lowest BCUT2D eigenvalue weighted by atomic mass is 10.1. The van der Waals surface area contributed by atoms with Gasteiger partial charge in [0.25, 0.3) is 5.91 Å². The molecule has 1 aliphatic heterocycles. The average molecular weight is 403 g/mol. The van der Waals surface area contributed by atoms with Crippen molar-refractivity contribution < 1.29 is 17.9 Å². The van der Waals surface area contributed by atoms with Crippen LogP contribution in [0.5, 0.6) is 5.75 Å². The number of amides is 1. The number of hydrogen-bond donors (Lipinski definition) is 0. The second-order valence-electron chi connectivity index (χ2n) is 7.00. The standard InChI is InChI=1S/C21H26N2O4S/c1-16(17-6-10-19(27-3)11-7-17)22(2)21(24)18-8-12-20(13-9-18)28(25,26)23-14-4-5-15-23/h6-13,16H,4-5,14-15H2,1-3H3. The van der Waals surface area contributed by atoms with Crippen LogP contribution in [0, 0.1) is 0 Å². The van der Waals surface area contributed by atoms with Crippen LogP contribution in [0.3, 0.4) is 0 Å². The number of rotatable bonds is 6. The van der Waals surface area contributed by atoms with Crippen molar-refractivity contribution in [1.82, 2.24) is 9.21 Å². The minimum atomic E-state index is -3.47. The molecule has 0 radical (unpaired) electrons. The van der Waals surface area contributed by atoms with E-state index in [1.54, 1.807) is 31.2 Å². The van der Waals surface area contributed by atoms with Gasteiger partial charge >= 0.3 is 0 Å². The van der Waals surface area contributed by atoms with Gasteiger partial charge in [0.05, 0.1) is 18.0 Å². The highest BCUT2D eigenvalue weighted by atomic mass is 32.2. The maximum atomic E-state index is 12.8. The van der Waals surface area contributed by atoms with Crippen molar-refractivity contribution >= 4 is 15.9 Å². The van der Waals surface area contributed by atoms with Crippen molar-refractivity contribution in [2.75, 3.05) is 27.2 Å². The van der Waals surface area contributed by atoms with Crippen molar-refractivity contribution in [1.29, 1.82) is 0 Å². The molecule has 0 N–H and O–H groups in total. The zero-order chi connectivity index (χ0) is 20.3. The van der Waals surface area contributed by atoms with Crippen LogP contribution in [0.2, 0.25) is 0 Å². The molecule has 1 aliphatic rings. The number of carbonyl (C=O) groups is 1. The fourth-order valence-corrected chi connectivity index (χ4v) is 4.85. The molecule has 1 heterocycles. The van der Waals surface area contributed by atoms with E-state index >= 15 is 0 Å². The second-order valence-corrected chi connectivity index (χ2v) is 8.94. The third kappa shape index (κ3) is 4.05. The molecule has 2 aromatic rings. The summed E-state index contributed by atoms with van der Waals surface area (Å²) < 4.78 is 31.9. The number of hydrogen-bond acceptors (Lipinski definition) is 4. The summed E-state index contributed by atoms with van der Waals surface area (Å²) >= 11 is 0. The van der Waals surface area contributed by atoms with Gasteiger partial charge in [-0.05, 0) is 61.7 Å². The molecule has 1 unspecified atom stereocenters. The van der Waals surface area contributed by atoms with E-state index in [0.29, 0.717) is 18.7 Å². The lowest BCUT2D eigenvalue weighted by Gasteiger charge is -2.25. The lowest BCUT2D eigenvalue weighted by Crippen LogP contribution is -2.30. The van der Waals surface area contributed by atoms with E-state index < -0.39 is 10.0 Å². The predicted octanol–water partition coefficient (Wildman–Crippen LogP) is 3.31. The SMILES string of the molecule is COc1ccc(C(C)N(C)C(=O)c2ccc(S(=O)(=O)N3CCCC3)cc2)cc1. The molecule has 3 rings (SSSR count). The molecule has 150 valence electrons. The Hall–Kier alpha value is -2.38. The smallest absolute Gasteiger partial charge is 0.254 e. The molecule has 2 aromatic carbocycles. The fraction of sp³-hybridized carbons (Fsp3) is 0.381. The first-order valence-electron chi connectivity index (χ1n) is 9.36. The quantitative estimate of drug-likeness (QED) is 0.743. The van der Waals surface area contributed by atoms with Gasteiger partial charge in [-0.15, -0.1) is 0 Å². The second kappa shape index (κ2) is 8.32. The van der Waals surface area contributed by atoms with Gasteiger partial charge in [0.15, 0.2) is 0 Å². The number of carbonyl (C=O) groups excluding carboxylic acids is 1. The lowest BCUT2D eigenvalue weighted by molar-refractivity contribution is 0.0742. The molecule has 0 aromatic heterocycles. The van der Waals surface area contributed by atoms with Gasteiger partial charge in [0.1, 0.15) is 5.75 Å². The normalized spacial score (nSPS) is 16.0. The zero-order valence-electron chi connectivity index (χ0n) is 16.5. The van der Waals surface area contributed by atoms with E-state index in [1.807, 2.05) is 31.2 Å². The summed E-state index contributed by atoms with van der Waals surface area (Å²) in [5, 5.41) is 0. The first kappa shape index (κ1) is 20.4. The molecule has 1 atom stereocenters. The van der Waals surface area contributed by atoms with E-state index in [9.17, 15) is 13.2 Å². The summed E-state index contributed by atoms with van der Waals surface area (Å²) in [4.78, 5) is 14.7. The molecular weight excluding hydrogens is 376 g/mol. The molecular formula is C21H26N2O4S. The van der Waals surface area contributed by atoms with Crippen LogP contribution < -0.4 is 4.74 Å². The van der Waals surface area contributed by atoms with Crippen LogP contribution in [0.1, 0.15) is 41.7 Å². The molecule has 1 amide bonds. The summed E-state index contributed by atoms with van der Waals surface area (Å²) in [5.74, 6) is 0.605. The van der Waals surface area contributed by atoms with Crippen molar-refractivity contribution in [2.24, 2.45) is 0 Å². The van der Waals surface area contributed by atoms with Gasteiger partial charge in [-0.25, -0.2) is 8.42 Å². The van der Waals surface area contributed by atoms with Crippen LogP contribution >= 0.6 is 0 Å². The van der Waals surface area contributed by atoms with Crippen LogP contribution in [0.25, 0.3) is 0 Å². The Labute approximate surface area is 166 Å². The Kier molecular flexibility index (Phi) is 6.05. The molecule has 6 nitrogen and oxygen atoms in total. The van der Waals surface area contributed by atoms with Gasteiger partial charge in [-0.2, -0.15) is 4.31 Å². The Bertz CT molecular complexity index is 918. The largest absolute Gasteiger partial charge is 0.497 e. The summed E-state index contributed by atoms with van der Waals surface area (Å²) in [6.45, 7) is 3.07. The number of ether oxygens (including phenoxy) is 1. The van der Waals surface area contributed by atoms with Crippen LogP contribution in [0.15, 0.2) is 53.4 Å². The van der Waals surface area contributed by atoms with E-state index in [4.69, 9.17) is 4.74 Å². The predicted molar refractivity (Wildman–Crippen MR) is 108 cm³/mol. The molecule has 0 aliphatic carbocycles. The topological polar surface area (TPSA) is 66.9 Å². The first-order chi connectivity index (χ1) is 13.3. The van der Waals surface area contributed by atoms with E-state index in [0.717, 1.165) is 24.2 Å². The first-order valence-corrected chi connectivity index (χ1v) is 10.8. The minimum absolute atomic E-state index is 0.133. The van der Waals surface area contributed by atoms with Crippen molar-refractivity contribution in [3.05, 3.63) is 59.7 Å². The zero-order valence-corrected chi connectivity index (χ0v) is 17.3. The number of benzene rings is 2. The van der Waals surface area contributed by atoms with Gasteiger partial charge in [-0.1, -0.05) is 12.1 Å². The van der Waals surface area contributed by atoms with Crippen molar-refractivity contribution in [3.8, 4) is 5.75 Å². The third-order valence-corrected chi connectivity index (χ3v) is 7.22. The molecule has 1 saturated heterocycles. The van der Waals surface area contributed by atoms with Crippen LogP contribution in [-0.2, 0) is 10.0 Å². The molecule has 0 spiro atoms. The van der Waals surface area contributed by atoms with E-state index in [-0.39, 0.29) is 16.8 Å². The molecule has 0 bridgehead atoms. The summed E-state index contributed by atoms with van der Waals surface area (Å²) in [6.07, 6.45) is 1.79. The number of nitrogens with zero attached hydrogens (tertiary/aromatic N) is 2. The van der Waals surface area contributed by atoms with Crippen LogP contribution in [-0.4, -0.2) is 50.8 Å². The summed E-state index contributed by atoms with van der Waals surface area (Å²) in [7, 11) is -0.116. The highest BCUT2D eigenvalue weighted by Crippen LogP contribution is 2.25. The summed E-state index contributed by atoms with van der Waals surface area (Å²) in [6, 6.07) is 13.7. The molecule has 1 fully saturated rings. The van der Waals surface area contributed by atoms with Gasteiger partial charge in [0, 0.05) is 25.7 Å². The van der Waals surface area contributed by atoms with Gasteiger partial charge in [0.2, 0.25) is 10.0 Å². The van der Waals surface area contributed by atoms with Gasteiger partial charge in [-0.3, -0.25) is 4.79 Å². The fourth-order valence-electron chi connectivity index (χ4n) is 3.33. The Morgan fingerprint density at radius 3 is 2.14 bits per heavy atom. The highest BCUT2D eigenvalue weighted by molar-refractivity contribution is 7.89. The minimum Gasteiger partial charge on any atom is -0.497 e. The molecule has 28 heavy (non-hydrogen) atoms. The molecule has 7 heteroatoms. The maximum Gasteiger partial charge on any atom is 0.254 e. The van der Waals surface area contributed by atoms with Crippen molar-refractivity contribution in [3.63, 3.8) is 0 Å². The average Bonchev–Trinajstić information content (AvgIpc) is 3.28. The Morgan fingerprint density at radius 2 is 1.61 bits per heavy atom. The number of sulfonamides is 1.